The Balaban J connectivity index is 1.71. The van der Waals surface area contributed by atoms with E-state index in [1.54, 1.807) is 21.9 Å². The zero-order valence-electron chi connectivity index (χ0n) is 21.0. The van der Waals surface area contributed by atoms with Crippen molar-refractivity contribution in [3.8, 4) is 5.75 Å². The van der Waals surface area contributed by atoms with Gasteiger partial charge in [-0.25, -0.2) is 8.78 Å². The van der Waals surface area contributed by atoms with Gasteiger partial charge in [-0.2, -0.15) is 0 Å². The molecule has 3 aromatic rings. The summed E-state index contributed by atoms with van der Waals surface area (Å²) in [5, 5.41) is 0. The van der Waals surface area contributed by atoms with Crippen LogP contribution in [0.15, 0.2) is 72.8 Å². The van der Waals surface area contributed by atoms with Crippen LogP contribution in [-0.4, -0.2) is 53.9 Å². The van der Waals surface area contributed by atoms with E-state index in [1.807, 2.05) is 49.4 Å². The van der Waals surface area contributed by atoms with Crippen molar-refractivity contribution >= 4 is 11.8 Å². The number of carbonyl (C=O) groups is 2. The summed E-state index contributed by atoms with van der Waals surface area (Å²) in [5.74, 6) is -1.67. The van der Waals surface area contributed by atoms with Crippen LogP contribution in [-0.2, 0) is 6.42 Å². The maximum atomic E-state index is 14.0. The fourth-order valence-corrected chi connectivity index (χ4v) is 4.73. The van der Waals surface area contributed by atoms with Gasteiger partial charge in [0.25, 0.3) is 11.8 Å². The minimum Gasteiger partial charge on any atom is -0.491 e. The van der Waals surface area contributed by atoms with Gasteiger partial charge in [0.15, 0.2) is 0 Å². The van der Waals surface area contributed by atoms with Gasteiger partial charge in [-0.3, -0.25) is 9.59 Å². The molecule has 1 atom stereocenters. The van der Waals surface area contributed by atoms with Crippen LogP contribution in [0.4, 0.5) is 8.78 Å². The molecule has 0 spiro atoms. The summed E-state index contributed by atoms with van der Waals surface area (Å²) in [6.45, 7) is 3.65. The molecule has 0 bridgehead atoms. The topological polar surface area (TPSA) is 49.9 Å². The van der Waals surface area contributed by atoms with Gasteiger partial charge >= 0.3 is 0 Å². The molecule has 0 aromatic heterocycles. The van der Waals surface area contributed by atoms with Crippen LogP contribution in [0.2, 0.25) is 0 Å². The zero-order chi connectivity index (χ0) is 26.2. The number of carbonyl (C=O) groups excluding carboxylic acids is 2. The van der Waals surface area contributed by atoms with Gasteiger partial charge in [0.2, 0.25) is 0 Å². The van der Waals surface area contributed by atoms with Gasteiger partial charge < -0.3 is 14.5 Å². The highest BCUT2D eigenvalue weighted by Crippen LogP contribution is 2.24. The molecule has 0 saturated heterocycles. The van der Waals surface area contributed by atoms with E-state index in [9.17, 15) is 18.4 Å². The van der Waals surface area contributed by atoms with E-state index in [4.69, 9.17) is 4.74 Å². The molecule has 0 radical (unpaired) electrons. The Morgan fingerprint density at radius 2 is 1.59 bits per heavy atom. The van der Waals surface area contributed by atoms with Gasteiger partial charge in [0.1, 0.15) is 24.0 Å². The Morgan fingerprint density at radius 1 is 0.919 bits per heavy atom. The molecule has 7 heteroatoms. The number of amides is 2. The second-order valence-electron chi connectivity index (χ2n) is 9.25. The molecule has 2 amide bonds. The molecular formula is C30H32F2N2O3. The van der Waals surface area contributed by atoms with Gasteiger partial charge in [-0.05, 0) is 62.4 Å². The third-order valence-electron chi connectivity index (χ3n) is 6.67. The van der Waals surface area contributed by atoms with Crippen LogP contribution < -0.4 is 4.74 Å². The third-order valence-corrected chi connectivity index (χ3v) is 6.67. The van der Waals surface area contributed by atoms with E-state index in [0.29, 0.717) is 43.8 Å². The summed E-state index contributed by atoms with van der Waals surface area (Å²) in [5.41, 5.74) is 1.45. The van der Waals surface area contributed by atoms with Gasteiger partial charge in [-0.15, -0.1) is 0 Å². The van der Waals surface area contributed by atoms with Crippen LogP contribution in [0.25, 0.3) is 0 Å². The number of halogens is 2. The van der Waals surface area contributed by atoms with Crippen LogP contribution in [0.1, 0.15) is 52.5 Å². The van der Waals surface area contributed by atoms with E-state index >= 15 is 0 Å². The lowest BCUT2D eigenvalue weighted by Crippen LogP contribution is -2.45. The molecule has 37 heavy (non-hydrogen) atoms. The van der Waals surface area contributed by atoms with Crippen LogP contribution in [0, 0.1) is 11.6 Å². The molecule has 1 heterocycles. The first kappa shape index (κ1) is 26.3. The van der Waals surface area contributed by atoms with Gasteiger partial charge in [0.05, 0.1) is 11.6 Å². The highest BCUT2D eigenvalue weighted by Gasteiger charge is 2.28. The summed E-state index contributed by atoms with van der Waals surface area (Å²) >= 11 is 0. The van der Waals surface area contributed by atoms with Crippen LogP contribution in [0.3, 0.4) is 0 Å². The highest BCUT2D eigenvalue weighted by molar-refractivity contribution is 5.97. The number of rotatable bonds is 4. The molecule has 194 valence electrons. The van der Waals surface area contributed by atoms with Gasteiger partial charge in [0, 0.05) is 31.3 Å². The second-order valence-corrected chi connectivity index (χ2v) is 9.25. The van der Waals surface area contributed by atoms with Crippen molar-refractivity contribution in [3.05, 3.63) is 101 Å². The van der Waals surface area contributed by atoms with E-state index in [0.717, 1.165) is 36.6 Å². The lowest BCUT2D eigenvalue weighted by Gasteiger charge is -2.32. The van der Waals surface area contributed by atoms with Crippen molar-refractivity contribution in [2.75, 3.05) is 26.2 Å². The fraction of sp³-hybridized carbons (Fsp3) is 0.333. The molecule has 0 aliphatic carbocycles. The lowest BCUT2D eigenvalue weighted by molar-refractivity contribution is 0.0604. The Labute approximate surface area is 216 Å². The second kappa shape index (κ2) is 12.5. The smallest absolute Gasteiger partial charge is 0.257 e. The number of hydrogen-bond donors (Lipinski definition) is 0. The largest absolute Gasteiger partial charge is 0.491 e. The van der Waals surface area contributed by atoms with E-state index < -0.39 is 23.6 Å². The number of nitrogens with zero attached hydrogens (tertiary/aromatic N) is 2. The van der Waals surface area contributed by atoms with E-state index in [1.165, 1.54) is 0 Å². The lowest BCUT2D eigenvalue weighted by atomic mass is 10.0. The number of para-hydroxylation sites is 1. The number of fused-ring (bicyclic) bond motifs is 1. The van der Waals surface area contributed by atoms with Gasteiger partial charge in [-0.1, -0.05) is 42.5 Å². The third kappa shape index (κ3) is 6.73. The Kier molecular flexibility index (Phi) is 8.88. The minimum atomic E-state index is -0.794. The maximum Gasteiger partial charge on any atom is 0.257 e. The summed E-state index contributed by atoms with van der Waals surface area (Å²) in [7, 11) is 0. The Bertz CT molecular complexity index is 1200. The molecule has 5 nitrogen and oxygen atoms in total. The van der Waals surface area contributed by atoms with Crippen molar-refractivity contribution < 1.29 is 23.1 Å². The standard InChI is InChI=1S/C30H32F2N2O3/c1-2-33-15-9-4-10-16-34(29(35)23-18-24(31)20-25(32)19-23)26(17-22-11-5-3-6-12-22)21-37-28-14-8-7-13-27(28)30(33)36/h3,5-8,11-14,18-20,26H,2,4,9-10,15-17,21H2,1H3/t26-/m0/s1. The number of ether oxygens (including phenoxy) is 1. The molecule has 1 aliphatic heterocycles. The minimum absolute atomic E-state index is 0.0346. The summed E-state index contributed by atoms with van der Waals surface area (Å²) < 4.78 is 34.2. The normalized spacial score (nSPS) is 17.2. The molecular weight excluding hydrogens is 474 g/mol. The Hall–Kier alpha value is -3.74. The number of benzene rings is 3. The highest BCUT2D eigenvalue weighted by atomic mass is 19.1. The van der Waals surface area contributed by atoms with Crippen molar-refractivity contribution in [1.82, 2.24) is 9.80 Å². The monoisotopic (exact) mass is 506 g/mol. The van der Waals surface area contributed by atoms with Crippen molar-refractivity contribution in [3.63, 3.8) is 0 Å². The number of hydrogen-bond acceptors (Lipinski definition) is 3. The molecule has 0 unspecified atom stereocenters. The average Bonchev–Trinajstić information content (AvgIpc) is 2.91. The SMILES string of the molecule is CCN1CCCCCN(C(=O)c2cc(F)cc(F)c2)[C@@H](Cc2ccccc2)COc2ccccc2C1=O. The summed E-state index contributed by atoms with van der Waals surface area (Å²) in [6.07, 6.45) is 2.75. The van der Waals surface area contributed by atoms with Crippen LogP contribution >= 0.6 is 0 Å². The predicted octanol–water partition coefficient (Wildman–Crippen LogP) is 5.74. The quantitative estimate of drug-likeness (QED) is 0.453. The average molecular weight is 507 g/mol. The molecule has 4 rings (SSSR count). The molecule has 0 N–H and O–H groups in total. The molecule has 3 aromatic carbocycles. The maximum absolute atomic E-state index is 14.0. The summed E-state index contributed by atoms with van der Waals surface area (Å²) in [4.78, 5) is 30.4. The fourth-order valence-electron chi connectivity index (χ4n) is 4.73. The zero-order valence-corrected chi connectivity index (χ0v) is 21.0. The molecule has 0 fully saturated rings. The van der Waals surface area contributed by atoms with Crippen molar-refractivity contribution in [2.45, 2.75) is 38.6 Å². The molecule has 0 saturated carbocycles. The summed E-state index contributed by atoms with van der Waals surface area (Å²) in [6, 6.07) is 19.3. The van der Waals surface area contributed by atoms with E-state index in [2.05, 4.69) is 0 Å². The first-order valence-electron chi connectivity index (χ1n) is 12.8. The Morgan fingerprint density at radius 3 is 2.32 bits per heavy atom. The molecule has 1 aliphatic rings. The first-order chi connectivity index (χ1) is 18.0. The van der Waals surface area contributed by atoms with Crippen LogP contribution in [0.5, 0.6) is 5.75 Å². The van der Waals surface area contributed by atoms with E-state index in [-0.39, 0.29) is 18.1 Å². The predicted molar refractivity (Wildman–Crippen MR) is 139 cm³/mol. The van der Waals surface area contributed by atoms with Crippen molar-refractivity contribution in [2.24, 2.45) is 0 Å². The first-order valence-corrected chi connectivity index (χ1v) is 12.8. The van der Waals surface area contributed by atoms with Crippen molar-refractivity contribution in [1.29, 1.82) is 0 Å².